The van der Waals surface area contributed by atoms with Gasteiger partial charge in [-0.2, -0.15) is 0 Å². The van der Waals surface area contributed by atoms with E-state index < -0.39 is 5.97 Å². The zero-order valence-corrected chi connectivity index (χ0v) is 9.16. The summed E-state index contributed by atoms with van der Waals surface area (Å²) in [5.74, 6) is 0.330. The Bertz CT molecular complexity index is 514. The third kappa shape index (κ3) is 3.01. The molecule has 0 aliphatic rings. The predicted octanol–water partition coefficient (Wildman–Crippen LogP) is 2.19. The van der Waals surface area contributed by atoms with E-state index in [2.05, 4.69) is 9.97 Å². The summed E-state index contributed by atoms with van der Waals surface area (Å²) in [7, 11) is 0. The van der Waals surface area contributed by atoms with Gasteiger partial charge in [0, 0.05) is 19.3 Å². The summed E-state index contributed by atoms with van der Waals surface area (Å²) in [6, 6.07) is 8.72. The van der Waals surface area contributed by atoms with Gasteiger partial charge in [-0.05, 0) is 18.2 Å². The van der Waals surface area contributed by atoms with Gasteiger partial charge in [0.15, 0.2) is 11.5 Å². The molecule has 0 amide bonds. The molecule has 1 aromatic heterocycles. The molecule has 0 fully saturated rings. The van der Waals surface area contributed by atoms with E-state index in [1.165, 1.54) is 6.92 Å². The molecule has 0 bridgehead atoms. The topological polar surface area (TPSA) is 61.3 Å². The fourth-order valence-corrected chi connectivity index (χ4v) is 1.21. The van der Waals surface area contributed by atoms with Gasteiger partial charge in [0.1, 0.15) is 0 Å². The van der Waals surface area contributed by atoms with Crippen molar-refractivity contribution in [1.29, 1.82) is 0 Å². The van der Waals surface area contributed by atoms with Crippen LogP contribution in [0.3, 0.4) is 0 Å². The maximum atomic E-state index is 10.9. The lowest BCUT2D eigenvalue weighted by Gasteiger charge is -2.08. The first-order valence-electron chi connectivity index (χ1n) is 4.98. The van der Waals surface area contributed by atoms with E-state index in [0.717, 1.165) is 0 Å². The number of para-hydroxylation sites is 2. The van der Waals surface area contributed by atoms with Crippen molar-refractivity contribution in [3.8, 4) is 17.5 Å². The summed E-state index contributed by atoms with van der Waals surface area (Å²) >= 11 is 0. The molecule has 1 aromatic carbocycles. The van der Waals surface area contributed by atoms with Crippen LogP contribution in [0.5, 0.6) is 17.5 Å². The van der Waals surface area contributed by atoms with Crippen LogP contribution in [-0.4, -0.2) is 15.9 Å². The Hall–Kier alpha value is -2.43. The third-order valence-electron chi connectivity index (χ3n) is 1.85. The minimum atomic E-state index is -0.407. The van der Waals surface area contributed by atoms with Gasteiger partial charge in [0.2, 0.25) is 0 Å². The minimum Gasteiger partial charge on any atom is -0.423 e. The Morgan fingerprint density at radius 2 is 1.71 bits per heavy atom. The lowest BCUT2D eigenvalue weighted by Crippen LogP contribution is -2.03. The minimum absolute atomic E-state index is 0.201. The van der Waals surface area contributed by atoms with Crippen LogP contribution in [0.25, 0.3) is 0 Å². The number of aromatic nitrogens is 2. The normalized spacial score (nSPS) is 9.71. The van der Waals surface area contributed by atoms with Gasteiger partial charge >= 0.3 is 12.0 Å². The number of rotatable bonds is 3. The van der Waals surface area contributed by atoms with Crippen molar-refractivity contribution in [2.75, 3.05) is 0 Å². The van der Waals surface area contributed by atoms with Crippen LogP contribution in [0.15, 0.2) is 42.7 Å². The highest BCUT2D eigenvalue weighted by Gasteiger charge is 2.08. The quantitative estimate of drug-likeness (QED) is 0.597. The van der Waals surface area contributed by atoms with Crippen LogP contribution in [0.4, 0.5) is 0 Å². The second kappa shape index (κ2) is 5.07. The van der Waals surface area contributed by atoms with Gasteiger partial charge < -0.3 is 9.47 Å². The van der Waals surface area contributed by atoms with Crippen molar-refractivity contribution >= 4 is 5.97 Å². The number of nitrogens with zero attached hydrogens (tertiary/aromatic N) is 2. The summed E-state index contributed by atoms with van der Waals surface area (Å²) in [6.07, 6.45) is 3.13. The Morgan fingerprint density at radius 1 is 1.06 bits per heavy atom. The van der Waals surface area contributed by atoms with E-state index in [9.17, 15) is 4.79 Å². The lowest BCUT2D eigenvalue weighted by molar-refractivity contribution is -0.132. The van der Waals surface area contributed by atoms with Crippen molar-refractivity contribution in [2.24, 2.45) is 0 Å². The summed E-state index contributed by atoms with van der Waals surface area (Å²) in [6.45, 7) is 1.33. The van der Waals surface area contributed by atoms with Crippen LogP contribution >= 0.6 is 0 Å². The molecule has 0 radical (unpaired) electrons. The molecule has 0 aliphatic heterocycles. The van der Waals surface area contributed by atoms with Gasteiger partial charge in [-0.25, -0.2) is 9.97 Å². The number of benzene rings is 1. The zero-order chi connectivity index (χ0) is 12.1. The molecule has 0 N–H and O–H groups in total. The van der Waals surface area contributed by atoms with Crippen LogP contribution in [0, 0.1) is 0 Å². The molecule has 0 spiro atoms. The van der Waals surface area contributed by atoms with Crippen molar-refractivity contribution in [3.05, 3.63) is 42.7 Å². The Balaban J connectivity index is 2.23. The summed E-state index contributed by atoms with van der Waals surface area (Å²) < 4.78 is 10.4. The fourth-order valence-electron chi connectivity index (χ4n) is 1.21. The molecule has 0 saturated carbocycles. The molecule has 2 rings (SSSR count). The first kappa shape index (κ1) is 11.1. The van der Waals surface area contributed by atoms with Crippen LogP contribution in [-0.2, 0) is 4.79 Å². The molecule has 5 nitrogen and oxygen atoms in total. The van der Waals surface area contributed by atoms with E-state index in [0.29, 0.717) is 11.5 Å². The Labute approximate surface area is 98.0 Å². The highest BCUT2D eigenvalue weighted by molar-refractivity contribution is 5.70. The fraction of sp³-hybridized carbons (Fsp3) is 0.0833. The molecular weight excluding hydrogens is 220 g/mol. The molecule has 5 heteroatoms. The highest BCUT2D eigenvalue weighted by Crippen LogP contribution is 2.29. The van der Waals surface area contributed by atoms with Crippen molar-refractivity contribution in [2.45, 2.75) is 6.92 Å². The second-order valence-corrected chi connectivity index (χ2v) is 3.17. The molecular formula is C12H10N2O3. The van der Waals surface area contributed by atoms with Gasteiger partial charge in [-0.15, -0.1) is 0 Å². The molecule has 17 heavy (non-hydrogen) atoms. The molecule has 0 atom stereocenters. The van der Waals surface area contributed by atoms with Crippen LogP contribution in [0.2, 0.25) is 0 Å². The molecule has 1 heterocycles. The van der Waals surface area contributed by atoms with Crippen molar-refractivity contribution in [1.82, 2.24) is 9.97 Å². The van der Waals surface area contributed by atoms with E-state index in [4.69, 9.17) is 9.47 Å². The van der Waals surface area contributed by atoms with Crippen LogP contribution in [0.1, 0.15) is 6.92 Å². The SMILES string of the molecule is CC(=O)Oc1ccccc1Oc1ncccn1. The zero-order valence-electron chi connectivity index (χ0n) is 9.16. The Morgan fingerprint density at radius 3 is 2.35 bits per heavy atom. The largest absolute Gasteiger partial charge is 0.423 e. The number of esters is 1. The van der Waals surface area contributed by atoms with Crippen molar-refractivity contribution < 1.29 is 14.3 Å². The van der Waals surface area contributed by atoms with Gasteiger partial charge in [-0.1, -0.05) is 12.1 Å². The maximum absolute atomic E-state index is 10.9. The molecule has 2 aromatic rings. The number of ether oxygens (including phenoxy) is 2. The van der Waals surface area contributed by atoms with Crippen LogP contribution < -0.4 is 9.47 Å². The average Bonchev–Trinajstić information content (AvgIpc) is 2.32. The summed E-state index contributed by atoms with van der Waals surface area (Å²) in [5, 5.41) is 0. The van der Waals surface area contributed by atoms with E-state index >= 15 is 0 Å². The highest BCUT2D eigenvalue weighted by atomic mass is 16.6. The average molecular weight is 230 g/mol. The first-order valence-corrected chi connectivity index (χ1v) is 4.98. The third-order valence-corrected chi connectivity index (χ3v) is 1.85. The molecule has 0 saturated heterocycles. The lowest BCUT2D eigenvalue weighted by atomic mass is 10.3. The maximum Gasteiger partial charge on any atom is 0.321 e. The van der Waals surface area contributed by atoms with E-state index in [1.54, 1.807) is 42.7 Å². The standard InChI is InChI=1S/C12H10N2O3/c1-9(15)16-10-5-2-3-6-11(10)17-12-13-7-4-8-14-12/h2-8H,1H3. The summed E-state index contributed by atoms with van der Waals surface area (Å²) in [5.41, 5.74) is 0. The number of hydrogen-bond donors (Lipinski definition) is 0. The van der Waals surface area contributed by atoms with Crippen molar-refractivity contribution in [3.63, 3.8) is 0 Å². The molecule has 0 aliphatic carbocycles. The van der Waals surface area contributed by atoms with E-state index in [-0.39, 0.29) is 6.01 Å². The number of carbonyl (C=O) groups excluding carboxylic acids is 1. The van der Waals surface area contributed by atoms with E-state index in [1.807, 2.05) is 0 Å². The van der Waals surface area contributed by atoms with Gasteiger partial charge in [-0.3, -0.25) is 4.79 Å². The monoisotopic (exact) mass is 230 g/mol. The van der Waals surface area contributed by atoms with Gasteiger partial charge in [0.25, 0.3) is 0 Å². The second-order valence-electron chi connectivity index (χ2n) is 3.17. The molecule has 0 unspecified atom stereocenters. The Kier molecular flexibility index (Phi) is 3.30. The smallest absolute Gasteiger partial charge is 0.321 e. The first-order chi connectivity index (χ1) is 8.25. The summed E-state index contributed by atoms with van der Waals surface area (Å²) in [4.78, 5) is 18.7. The number of hydrogen-bond acceptors (Lipinski definition) is 5. The van der Waals surface area contributed by atoms with Gasteiger partial charge in [0.05, 0.1) is 0 Å². The number of carbonyl (C=O) groups is 1. The predicted molar refractivity (Wildman–Crippen MR) is 59.9 cm³/mol. The molecule has 86 valence electrons.